The lowest BCUT2D eigenvalue weighted by atomic mass is 9.96. The van der Waals surface area contributed by atoms with Crippen LogP contribution in [0, 0.1) is 5.82 Å². The van der Waals surface area contributed by atoms with Crippen molar-refractivity contribution in [3.8, 4) is 0 Å². The fourth-order valence-corrected chi connectivity index (χ4v) is 5.89. The number of benzene rings is 1. The number of aryl methyl sites for hydroxylation is 1. The molecule has 0 amide bonds. The number of nitrogens with zero attached hydrogens (tertiary/aromatic N) is 6. The zero-order chi connectivity index (χ0) is 22.4. The Bertz CT molecular complexity index is 1370. The molecule has 6 rings (SSSR count). The fourth-order valence-electron chi connectivity index (χ4n) is 4.59. The molecule has 3 aromatic heterocycles. The molecule has 1 N–H and O–H groups in total. The minimum absolute atomic E-state index is 0.311. The molecule has 1 fully saturated rings. The topological polar surface area (TPSA) is 88.3 Å². The van der Waals surface area contributed by atoms with Crippen LogP contribution in [-0.4, -0.2) is 47.6 Å². The standard InChI is InChI=1S/C23H22FN7OS/c24-16-4-3-5-17(14-16)25-21-20-18(9-13-33(20)32)26-23(27-21)30-11-7-15(8-12-30)22-29-28-19-6-1-2-10-31(19)22/h1-6,10,14-15H,7-9,11-13H2,(H,25,26,27). The van der Waals surface area contributed by atoms with Crippen molar-refractivity contribution in [3.63, 3.8) is 0 Å². The summed E-state index contributed by atoms with van der Waals surface area (Å²) in [6.45, 7) is 1.57. The Morgan fingerprint density at radius 1 is 1.06 bits per heavy atom. The summed E-state index contributed by atoms with van der Waals surface area (Å²) in [5.74, 6) is 2.62. The molecule has 168 valence electrons. The highest BCUT2D eigenvalue weighted by Gasteiger charge is 2.30. The third kappa shape index (κ3) is 3.74. The van der Waals surface area contributed by atoms with Gasteiger partial charge in [0.05, 0.1) is 16.5 Å². The molecule has 0 bridgehead atoms. The number of piperidine rings is 1. The van der Waals surface area contributed by atoms with Crippen molar-refractivity contribution in [1.29, 1.82) is 0 Å². The van der Waals surface area contributed by atoms with Crippen LogP contribution in [-0.2, 0) is 17.2 Å². The van der Waals surface area contributed by atoms with Gasteiger partial charge in [0.2, 0.25) is 5.95 Å². The smallest absolute Gasteiger partial charge is 0.227 e. The summed E-state index contributed by atoms with van der Waals surface area (Å²) in [7, 11) is -1.16. The van der Waals surface area contributed by atoms with E-state index in [9.17, 15) is 8.60 Å². The highest BCUT2D eigenvalue weighted by molar-refractivity contribution is 7.85. The van der Waals surface area contributed by atoms with Gasteiger partial charge in [-0.3, -0.25) is 8.61 Å². The molecule has 2 aliphatic heterocycles. The fraction of sp³-hybridized carbons (Fsp3) is 0.304. The normalized spacial score (nSPS) is 18.6. The van der Waals surface area contributed by atoms with E-state index in [-0.39, 0.29) is 5.82 Å². The van der Waals surface area contributed by atoms with Gasteiger partial charge in [0, 0.05) is 43.1 Å². The number of anilines is 3. The molecule has 1 aromatic carbocycles. The first-order valence-electron chi connectivity index (χ1n) is 11.0. The molecule has 1 saturated heterocycles. The second kappa shape index (κ2) is 8.18. The Kier molecular flexibility index (Phi) is 5.01. The SMILES string of the molecule is O=S1CCc2nc(N3CCC(c4nnc5ccccn45)CC3)nc(Nc3cccc(F)c3)c21. The number of rotatable bonds is 4. The van der Waals surface area contributed by atoms with E-state index in [1.807, 2.05) is 24.4 Å². The molecule has 5 heterocycles. The van der Waals surface area contributed by atoms with Crippen LogP contribution in [0.1, 0.15) is 30.3 Å². The lowest BCUT2D eigenvalue weighted by Gasteiger charge is -2.31. The maximum atomic E-state index is 13.7. The molecule has 0 saturated carbocycles. The van der Waals surface area contributed by atoms with Crippen LogP contribution >= 0.6 is 0 Å². The van der Waals surface area contributed by atoms with Crippen molar-refractivity contribution in [2.45, 2.75) is 30.1 Å². The molecular formula is C23H22FN7OS. The lowest BCUT2D eigenvalue weighted by Crippen LogP contribution is -2.35. The lowest BCUT2D eigenvalue weighted by molar-refractivity contribution is 0.477. The van der Waals surface area contributed by atoms with Crippen molar-refractivity contribution in [1.82, 2.24) is 24.6 Å². The number of aromatic nitrogens is 5. The summed E-state index contributed by atoms with van der Waals surface area (Å²) in [5, 5.41) is 11.9. The molecule has 0 radical (unpaired) electrons. The molecule has 1 unspecified atom stereocenters. The second-order valence-electron chi connectivity index (χ2n) is 8.33. The van der Waals surface area contributed by atoms with Gasteiger partial charge in [-0.25, -0.2) is 9.37 Å². The van der Waals surface area contributed by atoms with Gasteiger partial charge in [0.1, 0.15) is 16.5 Å². The van der Waals surface area contributed by atoms with Crippen LogP contribution < -0.4 is 10.2 Å². The first kappa shape index (κ1) is 20.2. The quantitative estimate of drug-likeness (QED) is 0.496. The number of fused-ring (bicyclic) bond motifs is 2. The van der Waals surface area contributed by atoms with Gasteiger partial charge in [0.15, 0.2) is 11.5 Å². The third-order valence-electron chi connectivity index (χ3n) is 6.25. The van der Waals surface area contributed by atoms with E-state index in [0.717, 1.165) is 43.1 Å². The summed E-state index contributed by atoms with van der Waals surface area (Å²) in [5.41, 5.74) is 2.24. The zero-order valence-corrected chi connectivity index (χ0v) is 18.6. The third-order valence-corrected chi connectivity index (χ3v) is 7.71. The Labute approximate surface area is 192 Å². The van der Waals surface area contributed by atoms with Crippen LogP contribution in [0.3, 0.4) is 0 Å². The van der Waals surface area contributed by atoms with Gasteiger partial charge < -0.3 is 10.2 Å². The minimum atomic E-state index is -1.16. The van der Waals surface area contributed by atoms with Gasteiger partial charge >= 0.3 is 0 Å². The van der Waals surface area contributed by atoms with E-state index in [1.54, 1.807) is 12.1 Å². The second-order valence-corrected chi connectivity index (χ2v) is 9.84. The largest absolute Gasteiger partial charge is 0.341 e. The molecule has 4 aromatic rings. The maximum Gasteiger partial charge on any atom is 0.227 e. The predicted octanol–water partition coefficient (Wildman–Crippen LogP) is 3.45. The van der Waals surface area contributed by atoms with Gasteiger partial charge in [-0.1, -0.05) is 12.1 Å². The molecule has 1 atom stereocenters. The van der Waals surface area contributed by atoms with Crippen molar-refractivity contribution in [3.05, 3.63) is 66.0 Å². The Hall–Kier alpha value is -3.40. The Balaban J connectivity index is 1.26. The molecule has 0 aliphatic carbocycles. The van der Waals surface area contributed by atoms with Crippen LogP contribution in [0.5, 0.6) is 0 Å². The molecule has 8 nitrogen and oxygen atoms in total. The van der Waals surface area contributed by atoms with Crippen molar-refractivity contribution >= 4 is 33.9 Å². The van der Waals surface area contributed by atoms with E-state index >= 15 is 0 Å². The summed E-state index contributed by atoms with van der Waals surface area (Å²) >= 11 is 0. The van der Waals surface area contributed by atoms with E-state index in [0.29, 0.717) is 40.4 Å². The van der Waals surface area contributed by atoms with Gasteiger partial charge in [-0.15, -0.1) is 10.2 Å². The number of pyridine rings is 1. The Morgan fingerprint density at radius 3 is 2.79 bits per heavy atom. The van der Waals surface area contributed by atoms with Crippen LogP contribution in [0.15, 0.2) is 53.6 Å². The summed E-state index contributed by atoms with van der Waals surface area (Å²) in [6.07, 6.45) is 4.48. The summed E-state index contributed by atoms with van der Waals surface area (Å²) in [6, 6.07) is 12.1. The summed E-state index contributed by atoms with van der Waals surface area (Å²) < 4.78 is 28.3. The van der Waals surface area contributed by atoms with Crippen molar-refractivity contribution < 1.29 is 8.60 Å². The van der Waals surface area contributed by atoms with Crippen LogP contribution in [0.25, 0.3) is 5.65 Å². The number of nitrogens with one attached hydrogen (secondary N) is 1. The molecule has 0 spiro atoms. The van der Waals surface area contributed by atoms with Crippen LogP contribution in [0.4, 0.5) is 21.8 Å². The minimum Gasteiger partial charge on any atom is -0.341 e. The van der Waals surface area contributed by atoms with Crippen LogP contribution in [0.2, 0.25) is 0 Å². The maximum absolute atomic E-state index is 13.7. The average Bonchev–Trinajstić information content (AvgIpc) is 3.43. The average molecular weight is 464 g/mol. The highest BCUT2D eigenvalue weighted by Crippen LogP contribution is 2.34. The predicted molar refractivity (Wildman–Crippen MR) is 124 cm³/mol. The van der Waals surface area contributed by atoms with E-state index in [4.69, 9.17) is 9.97 Å². The molecular weight excluding hydrogens is 441 g/mol. The van der Waals surface area contributed by atoms with Gasteiger partial charge in [-0.05, 0) is 43.2 Å². The highest BCUT2D eigenvalue weighted by atomic mass is 32.2. The van der Waals surface area contributed by atoms with E-state index in [2.05, 4.69) is 24.8 Å². The molecule has 2 aliphatic rings. The van der Waals surface area contributed by atoms with Gasteiger partial charge in [-0.2, -0.15) is 4.98 Å². The van der Waals surface area contributed by atoms with Crippen molar-refractivity contribution in [2.75, 3.05) is 29.1 Å². The molecule has 10 heteroatoms. The van der Waals surface area contributed by atoms with E-state index in [1.165, 1.54) is 12.1 Å². The number of hydrogen-bond donors (Lipinski definition) is 1. The molecule has 33 heavy (non-hydrogen) atoms. The first-order valence-corrected chi connectivity index (χ1v) is 12.3. The summed E-state index contributed by atoms with van der Waals surface area (Å²) in [4.78, 5) is 12.3. The number of hydrogen-bond acceptors (Lipinski definition) is 7. The first-order chi connectivity index (χ1) is 16.2. The zero-order valence-electron chi connectivity index (χ0n) is 17.8. The van der Waals surface area contributed by atoms with Crippen molar-refractivity contribution in [2.24, 2.45) is 0 Å². The number of halogens is 1. The Morgan fingerprint density at radius 2 is 1.94 bits per heavy atom. The monoisotopic (exact) mass is 463 g/mol. The van der Waals surface area contributed by atoms with E-state index < -0.39 is 10.8 Å². The van der Waals surface area contributed by atoms with Gasteiger partial charge in [0.25, 0.3) is 0 Å².